The predicted octanol–water partition coefficient (Wildman–Crippen LogP) is 2.91. The zero-order valence-electron chi connectivity index (χ0n) is 11.8. The Balaban J connectivity index is 2.41. The number of nitrogens with one attached hydrogen (secondary N) is 1. The molecule has 0 heterocycles. The van der Waals surface area contributed by atoms with Crippen LogP contribution in [0.15, 0.2) is 30.3 Å². The molecule has 0 saturated heterocycles. The van der Waals surface area contributed by atoms with Gasteiger partial charge in [0.05, 0.1) is 0 Å². The third kappa shape index (κ3) is 6.78. The molecule has 2 N–H and O–H groups in total. The molecule has 0 aliphatic carbocycles. The Hall–Kier alpha value is -2.04. The van der Waals surface area contributed by atoms with Crippen molar-refractivity contribution in [1.82, 2.24) is 5.32 Å². The van der Waals surface area contributed by atoms with Crippen LogP contribution in [0.5, 0.6) is 5.75 Å². The summed E-state index contributed by atoms with van der Waals surface area (Å²) in [6.07, 6.45) is 0.234. The van der Waals surface area contributed by atoms with Crippen LogP contribution in [0.4, 0.5) is 4.79 Å². The largest absolute Gasteiger partial charge is 0.481 e. The molecule has 1 aromatic rings. The van der Waals surface area contributed by atoms with Gasteiger partial charge in [-0.05, 0) is 30.4 Å². The molecule has 0 spiro atoms. The highest BCUT2D eigenvalue weighted by Gasteiger charge is 2.16. The van der Waals surface area contributed by atoms with Crippen LogP contribution in [-0.4, -0.2) is 23.7 Å². The second-order valence-electron chi connectivity index (χ2n) is 5.18. The van der Waals surface area contributed by atoms with E-state index in [4.69, 9.17) is 9.84 Å². The molecule has 110 valence electrons. The lowest BCUT2D eigenvalue weighted by molar-refractivity contribution is -0.138. The Morgan fingerprint density at radius 3 is 2.45 bits per heavy atom. The average Bonchev–Trinajstić information content (AvgIpc) is 2.36. The topological polar surface area (TPSA) is 75.6 Å². The molecule has 0 aromatic heterocycles. The van der Waals surface area contributed by atoms with Crippen molar-refractivity contribution in [1.29, 1.82) is 0 Å². The van der Waals surface area contributed by atoms with Gasteiger partial charge in [0.25, 0.3) is 0 Å². The van der Waals surface area contributed by atoms with Gasteiger partial charge < -0.3 is 15.2 Å². The van der Waals surface area contributed by atoms with E-state index in [-0.39, 0.29) is 12.3 Å². The van der Waals surface area contributed by atoms with Gasteiger partial charge in [0, 0.05) is 13.0 Å². The number of benzene rings is 1. The molecule has 0 fully saturated rings. The van der Waals surface area contributed by atoms with Gasteiger partial charge in [-0.15, -0.1) is 0 Å². The van der Waals surface area contributed by atoms with Crippen LogP contribution in [0.25, 0.3) is 0 Å². The van der Waals surface area contributed by atoms with Crippen LogP contribution in [0.2, 0.25) is 0 Å². The third-order valence-corrected chi connectivity index (χ3v) is 2.76. The molecule has 0 aliphatic heterocycles. The number of rotatable bonds is 7. The molecule has 5 nitrogen and oxygen atoms in total. The second kappa shape index (κ2) is 8.19. The number of carboxylic acids is 1. The van der Waals surface area contributed by atoms with E-state index in [1.165, 1.54) is 0 Å². The van der Waals surface area contributed by atoms with Crippen LogP contribution in [0.3, 0.4) is 0 Å². The van der Waals surface area contributed by atoms with Crippen molar-refractivity contribution in [3.8, 4) is 5.75 Å². The fourth-order valence-corrected chi connectivity index (χ4v) is 2.01. The zero-order valence-corrected chi connectivity index (χ0v) is 11.8. The third-order valence-electron chi connectivity index (χ3n) is 2.76. The summed E-state index contributed by atoms with van der Waals surface area (Å²) in [5.41, 5.74) is 0. The van der Waals surface area contributed by atoms with Crippen LogP contribution in [0, 0.1) is 11.8 Å². The van der Waals surface area contributed by atoms with E-state index in [1.54, 1.807) is 24.3 Å². The summed E-state index contributed by atoms with van der Waals surface area (Å²) in [4.78, 5) is 22.4. The van der Waals surface area contributed by atoms with Crippen molar-refractivity contribution in [2.45, 2.75) is 26.7 Å². The van der Waals surface area contributed by atoms with Crippen molar-refractivity contribution in [3.05, 3.63) is 30.3 Å². The fraction of sp³-hybridized carbons (Fsp3) is 0.467. The Kier molecular flexibility index (Phi) is 6.56. The minimum Gasteiger partial charge on any atom is -0.481 e. The lowest BCUT2D eigenvalue weighted by atomic mass is 9.94. The highest BCUT2D eigenvalue weighted by atomic mass is 16.6. The average molecular weight is 279 g/mol. The van der Waals surface area contributed by atoms with Gasteiger partial charge in [-0.25, -0.2) is 4.79 Å². The molecular formula is C15H21NO4. The van der Waals surface area contributed by atoms with Crippen LogP contribution in [0.1, 0.15) is 26.7 Å². The van der Waals surface area contributed by atoms with Gasteiger partial charge in [-0.3, -0.25) is 4.79 Å². The van der Waals surface area contributed by atoms with E-state index in [9.17, 15) is 9.59 Å². The minimum atomic E-state index is -0.853. The zero-order chi connectivity index (χ0) is 15.0. The van der Waals surface area contributed by atoms with Gasteiger partial charge >= 0.3 is 12.1 Å². The normalized spacial score (nSPS) is 11.9. The first-order valence-corrected chi connectivity index (χ1v) is 6.70. The number of hydrogen-bond donors (Lipinski definition) is 2. The van der Waals surface area contributed by atoms with E-state index < -0.39 is 12.1 Å². The molecule has 1 atom stereocenters. The summed E-state index contributed by atoms with van der Waals surface area (Å²) in [5, 5.41) is 11.5. The molecule has 1 rings (SSSR count). The van der Waals surface area contributed by atoms with E-state index in [0.717, 1.165) is 6.42 Å². The quantitative estimate of drug-likeness (QED) is 0.804. The first-order valence-electron chi connectivity index (χ1n) is 6.70. The van der Waals surface area contributed by atoms with Crippen LogP contribution in [-0.2, 0) is 4.79 Å². The first-order chi connectivity index (χ1) is 9.47. The van der Waals surface area contributed by atoms with Crippen LogP contribution >= 0.6 is 0 Å². The standard InChI is InChI=1S/C15H21NO4/c1-11(2)8-12(9-14(17)18)10-16-15(19)20-13-6-4-3-5-7-13/h3-7,11-12H,8-10H2,1-2H3,(H,16,19)(H,17,18)/t12-/m0/s1. The maximum Gasteiger partial charge on any atom is 0.412 e. The molecule has 1 aromatic carbocycles. The summed E-state index contributed by atoms with van der Waals surface area (Å²) in [6, 6.07) is 8.74. The monoisotopic (exact) mass is 279 g/mol. The SMILES string of the molecule is CC(C)C[C@H](CNC(=O)Oc1ccccc1)CC(=O)O. The van der Waals surface area contributed by atoms with E-state index >= 15 is 0 Å². The molecule has 1 amide bonds. The maximum atomic E-state index is 11.6. The maximum absolute atomic E-state index is 11.6. The Labute approximate surface area is 118 Å². The molecule has 0 unspecified atom stereocenters. The molecule has 5 heteroatoms. The van der Waals surface area contributed by atoms with Gasteiger partial charge in [0.15, 0.2) is 0 Å². The van der Waals surface area contributed by atoms with Gasteiger partial charge in [-0.2, -0.15) is 0 Å². The number of carbonyl (C=O) groups excluding carboxylic acids is 1. The van der Waals surface area contributed by atoms with Crippen molar-refractivity contribution in [2.24, 2.45) is 11.8 Å². The summed E-state index contributed by atoms with van der Waals surface area (Å²) in [6.45, 7) is 4.35. The highest BCUT2D eigenvalue weighted by Crippen LogP contribution is 2.15. The highest BCUT2D eigenvalue weighted by molar-refractivity contribution is 5.70. The Morgan fingerprint density at radius 1 is 1.25 bits per heavy atom. The van der Waals surface area contributed by atoms with Crippen molar-refractivity contribution < 1.29 is 19.4 Å². The van der Waals surface area contributed by atoms with E-state index in [2.05, 4.69) is 5.32 Å². The van der Waals surface area contributed by atoms with Crippen molar-refractivity contribution in [3.63, 3.8) is 0 Å². The summed E-state index contributed by atoms with van der Waals surface area (Å²) in [7, 11) is 0. The Morgan fingerprint density at radius 2 is 1.90 bits per heavy atom. The van der Waals surface area contributed by atoms with E-state index in [0.29, 0.717) is 18.2 Å². The van der Waals surface area contributed by atoms with Crippen molar-refractivity contribution >= 4 is 12.1 Å². The number of para-hydroxylation sites is 1. The summed E-state index contributed by atoms with van der Waals surface area (Å²) < 4.78 is 5.08. The predicted molar refractivity (Wildman–Crippen MR) is 75.7 cm³/mol. The molecular weight excluding hydrogens is 258 g/mol. The number of amides is 1. The van der Waals surface area contributed by atoms with Gasteiger partial charge in [-0.1, -0.05) is 32.0 Å². The number of hydrogen-bond acceptors (Lipinski definition) is 3. The lowest BCUT2D eigenvalue weighted by Crippen LogP contribution is -2.33. The first kappa shape index (κ1) is 16.0. The molecule has 20 heavy (non-hydrogen) atoms. The number of carbonyl (C=O) groups is 2. The molecule has 0 saturated carbocycles. The number of ether oxygens (including phenoxy) is 1. The number of carboxylic acid groups (broad SMARTS) is 1. The molecule has 0 radical (unpaired) electrons. The van der Waals surface area contributed by atoms with Gasteiger partial charge in [0.1, 0.15) is 5.75 Å². The molecule has 0 aliphatic rings. The van der Waals surface area contributed by atoms with E-state index in [1.807, 2.05) is 19.9 Å². The Bertz CT molecular complexity index is 431. The fourth-order valence-electron chi connectivity index (χ4n) is 2.01. The lowest BCUT2D eigenvalue weighted by Gasteiger charge is -2.17. The second-order valence-corrected chi connectivity index (χ2v) is 5.18. The molecule has 0 bridgehead atoms. The number of aliphatic carboxylic acids is 1. The van der Waals surface area contributed by atoms with Crippen molar-refractivity contribution in [2.75, 3.05) is 6.54 Å². The smallest absolute Gasteiger partial charge is 0.412 e. The van der Waals surface area contributed by atoms with Gasteiger partial charge in [0.2, 0.25) is 0 Å². The summed E-state index contributed by atoms with van der Waals surface area (Å²) >= 11 is 0. The minimum absolute atomic E-state index is 0.0454. The van der Waals surface area contributed by atoms with Crippen LogP contribution < -0.4 is 10.1 Å². The summed E-state index contributed by atoms with van der Waals surface area (Å²) in [5.74, 6) is -0.0976.